The van der Waals surface area contributed by atoms with Crippen molar-refractivity contribution in [3.63, 3.8) is 0 Å². The van der Waals surface area contributed by atoms with E-state index in [1.807, 2.05) is 0 Å². The van der Waals surface area contributed by atoms with E-state index in [-0.39, 0.29) is 24.1 Å². The van der Waals surface area contributed by atoms with Crippen LogP contribution in [-0.2, 0) is 4.79 Å². The largest absolute Gasteiger partial charge is 0.489 e. The highest BCUT2D eigenvalue weighted by atomic mass is 19.3. The summed E-state index contributed by atoms with van der Waals surface area (Å²) < 4.78 is 76.1. The van der Waals surface area contributed by atoms with Crippen molar-refractivity contribution in [2.24, 2.45) is 0 Å². The summed E-state index contributed by atoms with van der Waals surface area (Å²) in [5.74, 6) is -4.85. The molecule has 1 saturated heterocycles. The molecule has 2 aromatic rings. The summed E-state index contributed by atoms with van der Waals surface area (Å²) in [6.45, 7) is 2.07. The van der Waals surface area contributed by atoms with E-state index in [0.717, 1.165) is 6.33 Å². The standard InChI is InChI=1S/C23H26F5N3O3/c1-14(18(32)7-8-19(24)25)15-3-5-16(6-4-15)34-17-9-10-31(11-17)21-20(26)22(30-13-29-21)33-12-23(2,27)28/h3-6,13-14,17,19H,7-12H2,1-2H3/t14?,17-/m1/s1. The number of hydrogen-bond donors (Lipinski definition) is 0. The van der Waals surface area contributed by atoms with Crippen LogP contribution in [0, 0.1) is 5.82 Å². The van der Waals surface area contributed by atoms with E-state index in [2.05, 4.69) is 9.97 Å². The molecule has 0 amide bonds. The third kappa shape index (κ3) is 7.01. The number of carbonyl (C=O) groups is 1. The number of Topliss-reactive ketones (excluding diaryl/α,β-unsaturated/α-hetero) is 1. The van der Waals surface area contributed by atoms with Gasteiger partial charge in [0, 0.05) is 38.6 Å². The number of anilines is 1. The van der Waals surface area contributed by atoms with Crippen LogP contribution in [0.15, 0.2) is 30.6 Å². The quantitative estimate of drug-likeness (QED) is 0.415. The molecule has 1 fully saturated rings. The first kappa shape index (κ1) is 25.6. The molecule has 0 bridgehead atoms. The Labute approximate surface area is 194 Å². The van der Waals surface area contributed by atoms with Gasteiger partial charge in [0.05, 0.1) is 6.54 Å². The third-order valence-electron chi connectivity index (χ3n) is 5.42. The van der Waals surface area contributed by atoms with Crippen molar-refractivity contribution in [3.8, 4) is 11.6 Å². The molecule has 1 aliphatic rings. The van der Waals surface area contributed by atoms with Crippen LogP contribution in [0.1, 0.15) is 44.6 Å². The molecule has 3 rings (SSSR count). The molecule has 0 radical (unpaired) electrons. The van der Waals surface area contributed by atoms with Crippen LogP contribution in [0.4, 0.5) is 27.8 Å². The predicted octanol–water partition coefficient (Wildman–Crippen LogP) is 5.03. The number of alkyl halides is 4. The second-order valence-corrected chi connectivity index (χ2v) is 8.34. The average molecular weight is 487 g/mol. The van der Waals surface area contributed by atoms with Gasteiger partial charge in [-0.25, -0.2) is 22.5 Å². The van der Waals surface area contributed by atoms with Gasteiger partial charge in [0.1, 0.15) is 24.0 Å². The third-order valence-corrected chi connectivity index (χ3v) is 5.42. The summed E-state index contributed by atoms with van der Waals surface area (Å²) in [7, 11) is 0. The molecule has 1 aromatic heterocycles. The van der Waals surface area contributed by atoms with E-state index in [0.29, 0.717) is 37.7 Å². The number of nitrogens with zero attached hydrogens (tertiary/aromatic N) is 3. The van der Waals surface area contributed by atoms with Crippen molar-refractivity contribution >= 4 is 11.6 Å². The zero-order chi connectivity index (χ0) is 24.9. The van der Waals surface area contributed by atoms with Crippen LogP contribution in [0.5, 0.6) is 11.6 Å². The first-order valence-electron chi connectivity index (χ1n) is 10.9. The van der Waals surface area contributed by atoms with Gasteiger partial charge < -0.3 is 14.4 Å². The number of hydrogen-bond acceptors (Lipinski definition) is 6. The lowest BCUT2D eigenvalue weighted by molar-refractivity contribution is -0.120. The van der Waals surface area contributed by atoms with E-state index < -0.39 is 43.0 Å². The monoisotopic (exact) mass is 487 g/mol. The van der Waals surface area contributed by atoms with Gasteiger partial charge in [0.15, 0.2) is 12.4 Å². The molecule has 2 heterocycles. The van der Waals surface area contributed by atoms with Gasteiger partial charge in [-0.05, 0) is 17.7 Å². The lowest BCUT2D eigenvalue weighted by Crippen LogP contribution is -2.27. The van der Waals surface area contributed by atoms with Crippen LogP contribution in [0.3, 0.4) is 0 Å². The van der Waals surface area contributed by atoms with Crippen LogP contribution in [-0.4, -0.2) is 53.9 Å². The molecule has 186 valence electrons. The Morgan fingerprint density at radius 2 is 1.94 bits per heavy atom. The van der Waals surface area contributed by atoms with E-state index in [4.69, 9.17) is 9.47 Å². The fourth-order valence-electron chi connectivity index (χ4n) is 3.56. The Hall–Kier alpha value is -2.98. The average Bonchev–Trinajstić information content (AvgIpc) is 3.24. The maximum atomic E-state index is 14.7. The Balaban J connectivity index is 1.57. The normalized spacial score (nSPS) is 17.2. The second kappa shape index (κ2) is 11.0. The minimum absolute atomic E-state index is 0.0537. The molecule has 0 N–H and O–H groups in total. The summed E-state index contributed by atoms with van der Waals surface area (Å²) in [5, 5.41) is 0. The Morgan fingerprint density at radius 1 is 1.24 bits per heavy atom. The van der Waals surface area contributed by atoms with E-state index in [9.17, 15) is 26.7 Å². The van der Waals surface area contributed by atoms with Gasteiger partial charge in [0.2, 0.25) is 12.2 Å². The molecular formula is C23H26F5N3O3. The molecule has 0 aliphatic carbocycles. The molecule has 34 heavy (non-hydrogen) atoms. The van der Waals surface area contributed by atoms with Crippen LogP contribution >= 0.6 is 0 Å². The minimum Gasteiger partial charge on any atom is -0.489 e. The number of aromatic nitrogens is 2. The lowest BCUT2D eigenvalue weighted by atomic mass is 9.94. The number of rotatable bonds is 11. The van der Waals surface area contributed by atoms with Crippen molar-refractivity contribution in [2.45, 2.75) is 57.5 Å². The predicted molar refractivity (Wildman–Crippen MR) is 114 cm³/mol. The van der Waals surface area contributed by atoms with E-state index >= 15 is 0 Å². The zero-order valence-corrected chi connectivity index (χ0v) is 18.8. The van der Waals surface area contributed by atoms with E-state index in [1.165, 1.54) is 0 Å². The molecule has 11 heteroatoms. The van der Waals surface area contributed by atoms with Crippen molar-refractivity contribution in [3.05, 3.63) is 42.0 Å². The topological polar surface area (TPSA) is 64.5 Å². The maximum Gasteiger partial charge on any atom is 0.278 e. The van der Waals surface area contributed by atoms with Crippen LogP contribution in [0.2, 0.25) is 0 Å². The zero-order valence-electron chi connectivity index (χ0n) is 18.8. The highest BCUT2D eigenvalue weighted by Crippen LogP contribution is 2.29. The molecule has 1 aliphatic heterocycles. The molecule has 0 saturated carbocycles. The molecule has 6 nitrogen and oxygen atoms in total. The SMILES string of the molecule is CC(C(=O)CCC(F)F)c1ccc(O[C@@H]2CCN(c3ncnc(OCC(C)(F)F)c3F)C2)cc1. The Kier molecular flexibility index (Phi) is 8.27. The number of halogens is 5. The lowest BCUT2D eigenvalue weighted by Gasteiger charge is -2.20. The van der Waals surface area contributed by atoms with Crippen molar-refractivity contribution in [1.82, 2.24) is 9.97 Å². The number of benzene rings is 1. The molecule has 0 spiro atoms. The minimum atomic E-state index is -3.13. The van der Waals surface area contributed by atoms with E-state index in [1.54, 1.807) is 36.1 Å². The number of ether oxygens (including phenoxy) is 2. The second-order valence-electron chi connectivity index (χ2n) is 8.34. The first-order chi connectivity index (χ1) is 16.0. The van der Waals surface area contributed by atoms with Crippen molar-refractivity contribution in [1.29, 1.82) is 0 Å². The fraction of sp³-hybridized carbons (Fsp3) is 0.522. The highest BCUT2D eigenvalue weighted by molar-refractivity contribution is 5.85. The summed E-state index contributed by atoms with van der Waals surface area (Å²) in [5.41, 5.74) is 0.702. The van der Waals surface area contributed by atoms with Gasteiger partial charge in [-0.3, -0.25) is 4.79 Å². The maximum absolute atomic E-state index is 14.7. The van der Waals surface area contributed by atoms with Gasteiger partial charge in [-0.1, -0.05) is 19.1 Å². The number of carbonyl (C=O) groups excluding carboxylic acids is 1. The van der Waals surface area contributed by atoms with Gasteiger partial charge in [0.25, 0.3) is 11.8 Å². The van der Waals surface area contributed by atoms with Crippen LogP contribution in [0.25, 0.3) is 0 Å². The number of ketones is 1. The smallest absolute Gasteiger partial charge is 0.278 e. The molecule has 1 unspecified atom stereocenters. The molecule has 2 atom stereocenters. The van der Waals surface area contributed by atoms with Crippen molar-refractivity contribution in [2.75, 3.05) is 24.6 Å². The van der Waals surface area contributed by atoms with Gasteiger partial charge in [-0.2, -0.15) is 9.37 Å². The van der Waals surface area contributed by atoms with Crippen LogP contribution < -0.4 is 14.4 Å². The van der Waals surface area contributed by atoms with Crippen molar-refractivity contribution < 1.29 is 36.2 Å². The first-order valence-corrected chi connectivity index (χ1v) is 10.9. The molecular weight excluding hydrogens is 461 g/mol. The molecule has 1 aromatic carbocycles. The summed E-state index contributed by atoms with van der Waals surface area (Å²) in [4.78, 5) is 21.2. The highest BCUT2D eigenvalue weighted by Gasteiger charge is 2.30. The van der Waals surface area contributed by atoms with Gasteiger partial charge in [-0.15, -0.1) is 0 Å². The summed E-state index contributed by atoms with van der Waals surface area (Å²) >= 11 is 0. The Bertz CT molecular complexity index is 969. The summed E-state index contributed by atoms with van der Waals surface area (Å²) in [6.07, 6.45) is -1.80. The summed E-state index contributed by atoms with van der Waals surface area (Å²) in [6, 6.07) is 6.81. The fourth-order valence-corrected chi connectivity index (χ4v) is 3.56. The Morgan fingerprint density at radius 3 is 2.59 bits per heavy atom. The van der Waals surface area contributed by atoms with Gasteiger partial charge >= 0.3 is 0 Å².